The molecule has 7 nitrogen and oxygen atoms in total. The van der Waals surface area contributed by atoms with Gasteiger partial charge in [-0.15, -0.1) is 0 Å². The van der Waals surface area contributed by atoms with Gasteiger partial charge in [0.05, 0.1) is 5.92 Å². The fourth-order valence-electron chi connectivity index (χ4n) is 3.38. The fourth-order valence-corrected chi connectivity index (χ4v) is 3.38. The summed E-state index contributed by atoms with van der Waals surface area (Å²) in [5.74, 6) is -1.68. The maximum atomic E-state index is 12.5. The molecule has 0 saturated heterocycles. The van der Waals surface area contributed by atoms with Crippen LogP contribution >= 0.6 is 0 Å². The second-order valence-corrected chi connectivity index (χ2v) is 7.10. The summed E-state index contributed by atoms with van der Waals surface area (Å²) in [6.45, 7) is 1.88. The topological polar surface area (TPSA) is 108 Å². The Morgan fingerprint density at radius 2 is 1.61 bits per heavy atom. The molecular weight excluding hydrogens is 358 g/mol. The van der Waals surface area contributed by atoms with Gasteiger partial charge in [0.25, 0.3) is 5.91 Å². The molecule has 7 heteroatoms. The lowest BCUT2D eigenvalue weighted by Gasteiger charge is -2.25. The van der Waals surface area contributed by atoms with E-state index in [2.05, 4.69) is 15.6 Å². The fraction of sp³-hybridized carbons (Fsp3) is 0.333. The van der Waals surface area contributed by atoms with E-state index in [0.717, 1.165) is 5.56 Å². The maximum absolute atomic E-state index is 12.5. The van der Waals surface area contributed by atoms with Crippen LogP contribution < -0.4 is 10.6 Å². The van der Waals surface area contributed by atoms with Gasteiger partial charge < -0.3 is 15.7 Å². The average Bonchev–Trinajstić information content (AvgIpc) is 2.71. The zero-order chi connectivity index (χ0) is 20.1. The molecule has 1 saturated carbocycles. The molecule has 1 fully saturated rings. The number of rotatable bonds is 5. The van der Waals surface area contributed by atoms with E-state index < -0.39 is 5.97 Å². The third-order valence-corrected chi connectivity index (χ3v) is 5.14. The summed E-state index contributed by atoms with van der Waals surface area (Å²) in [5.41, 5.74) is 2.59. The van der Waals surface area contributed by atoms with Crippen molar-refractivity contribution in [2.24, 2.45) is 11.8 Å². The number of carbonyl (C=O) groups is 3. The van der Waals surface area contributed by atoms with Gasteiger partial charge in [0.15, 0.2) is 0 Å². The van der Waals surface area contributed by atoms with Gasteiger partial charge in [0, 0.05) is 35.2 Å². The Hall–Kier alpha value is -3.22. The van der Waals surface area contributed by atoms with Gasteiger partial charge in [-0.1, -0.05) is 6.07 Å². The Kier molecular flexibility index (Phi) is 6.03. The molecule has 1 heterocycles. The van der Waals surface area contributed by atoms with Crippen LogP contribution in [-0.2, 0) is 9.59 Å². The number of anilines is 2. The first-order valence-electron chi connectivity index (χ1n) is 9.29. The van der Waals surface area contributed by atoms with Crippen LogP contribution in [0.15, 0.2) is 42.7 Å². The number of nitrogens with zero attached hydrogens (tertiary/aromatic N) is 1. The number of hydrogen-bond acceptors (Lipinski definition) is 4. The molecule has 0 unspecified atom stereocenters. The Balaban J connectivity index is 1.64. The summed E-state index contributed by atoms with van der Waals surface area (Å²) in [4.78, 5) is 39.8. The first-order chi connectivity index (χ1) is 13.4. The van der Waals surface area contributed by atoms with E-state index in [1.165, 1.54) is 0 Å². The van der Waals surface area contributed by atoms with Crippen LogP contribution in [0.1, 0.15) is 41.6 Å². The minimum atomic E-state index is -0.785. The van der Waals surface area contributed by atoms with Crippen LogP contribution in [0.3, 0.4) is 0 Å². The van der Waals surface area contributed by atoms with E-state index in [1.807, 2.05) is 13.0 Å². The number of benzene rings is 1. The SMILES string of the molecule is Cc1ccc(NC(=O)C2CCC(C(=O)O)CC2)cc1NC(=O)c1ccncc1. The lowest BCUT2D eigenvalue weighted by Crippen LogP contribution is -2.29. The molecule has 0 bridgehead atoms. The van der Waals surface area contributed by atoms with Gasteiger partial charge in [-0.2, -0.15) is 0 Å². The zero-order valence-corrected chi connectivity index (χ0v) is 15.6. The van der Waals surface area contributed by atoms with Crippen LogP contribution in [0.4, 0.5) is 11.4 Å². The number of carboxylic acids is 1. The quantitative estimate of drug-likeness (QED) is 0.735. The van der Waals surface area contributed by atoms with E-state index in [4.69, 9.17) is 5.11 Å². The molecule has 1 aliphatic carbocycles. The van der Waals surface area contributed by atoms with Crippen LogP contribution in [0.25, 0.3) is 0 Å². The molecule has 0 radical (unpaired) electrons. The summed E-state index contributed by atoms with van der Waals surface area (Å²) in [5, 5.41) is 14.8. The molecule has 0 spiro atoms. The highest BCUT2D eigenvalue weighted by atomic mass is 16.4. The standard InChI is InChI=1S/C21H23N3O4/c1-13-2-7-17(12-18(13)24-20(26)15-8-10-22-11-9-15)23-19(25)14-3-5-16(6-4-14)21(27)28/h2,7-12,14,16H,3-6H2,1H3,(H,23,25)(H,24,26)(H,27,28). The first kappa shape index (κ1) is 19.5. The molecule has 0 aliphatic heterocycles. The third-order valence-electron chi connectivity index (χ3n) is 5.14. The lowest BCUT2D eigenvalue weighted by atomic mass is 9.81. The van der Waals surface area contributed by atoms with Crippen molar-refractivity contribution in [2.75, 3.05) is 10.6 Å². The molecule has 1 aromatic carbocycles. The van der Waals surface area contributed by atoms with E-state index in [1.54, 1.807) is 36.7 Å². The number of carbonyl (C=O) groups excluding carboxylic acids is 2. The Morgan fingerprint density at radius 3 is 2.25 bits per heavy atom. The number of amides is 2. The van der Waals surface area contributed by atoms with Gasteiger partial charge >= 0.3 is 5.97 Å². The average molecular weight is 381 g/mol. The van der Waals surface area contributed by atoms with Crippen LogP contribution in [0.2, 0.25) is 0 Å². The van der Waals surface area contributed by atoms with Crippen molar-refractivity contribution >= 4 is 29.2 Å². The minimum Gasteiger partial charge on any atom is -0.481 e. The van der Waals surface area contributed by atoms with E-state index in [-0.39, 0.29) is 23.7 Å². The van der Waals surface area contributed by atoms with E-state index in [0.29, 0.717) is 42.6 Å². The molecule has 1 aliphatic rings. The highest BCUT2D eigenvalue weighted by Gasteiger charge is 2.29. The second kappa shape index (κ2) is 8.65. The normalized spacial score (nSPS) is 18.9. The van der Waals surface area contributed by atoms with Crippen LogP contribution in [0, 0.1) is 18.8 Å². The molecule has 1 aromatic heterocycles. The van der Waals surface area contributed by atoms with Crippen LogP contribution in [-0.4, -0.2) is 27.9 Å². The van der Waals surface area contributed by atoms with Crippen molar-refractivity contribution in [3.63, 3.8) is 0 Å². The molecule has 3 rings (SSSR count). The predicted molar refractivity (Wildman–Crippen MR) is 105 cm³/mol. The van der Waals surface area contributed by atoms with Crippen molar-refractivity contribution in [1.29, 1.82) is 0 Å². The smallest absolute Gasteiger partial charge is 0.306 e. The van der Waals surface area contributed by atoms with E-state index >= 15 is 0 Å². The molecule has 2 amide bonds. The predicted octanol–water partition coefficient (Wildman–Crippen LogP) is 3.47. The number of aliphatic carboxylic acids is 1. The van der Waals surface area contributed by atoms with Gasteiger partial charge in [0.2, 0.25) is 5.91 Å². The van der Waals surface area contributed by atoms with Crippen molar-refractivity contribution in [3.8, 4) is 0 Å². The summed E-state index contributed by atoms with van der Waals surface area (Å²) < 4.78 is 0. The number of hydrogen-bond donors (Lipinski definition) is 3. The number of pyridine rings is 1. The number of nitrogens with one attached hydrogen (secondary N) is 2. The van der Waals surface area contributed by atoms with Gasteiger partial charge in [-0.3, -0.25) is 19.4 Å². The van der Waals surface area contributed by atoms with Gasteiger partial charge in [-0.05, 0) is 62.4 Å². The summed E-state index contributed by atoms with van der Waals surface area (Å²) in [6.07, 6.45) is 5.29. The number of aromatic nitrogens is 1. The third kappa shape index (κ3) is 4.73. The number of carboxylic acid groups (broad SMARTS) is 1. The van der Waals surface area contributed by atoms with Gasteiger partial charge in [0.1, 0.15) is 0 Å². The molecule has 146 valence electrons. The molecule has 2 aromatic rings. The molecule has 3 N–H and O–H groups in total. The van der Waals surface area contributed by atoms with Crippen molar-refractivity contribution in [1.82, 2.24) is 4.98 Å². The number of aryl methyl sites for hydroxylation is 1. The highest BCUT2D eigenvalue weighted by Crippen LogP contribution is 2.30. The maximum Gasteiger partial charge on any atom is 0.306 e. The van der Waals surface area contributed by atoms with Crippen molar-refractivity contribution in [3.05, 3.63) is 53.9 Å². The summed E-state index contributed by atoms with van der Waals surface area (Å²) >= 11 is 0. The summed E-state index contributed by atoms with van der Waals surface area (Å²) in [7, 11) is 0. The zero-order valence-electron chi connectivity index (χ0n) is 15.6. The largest absolute Gasteiger partial charge is 0.481 e. The molecule has 0 atom stereocenters. The monoisotopic (exact) mass is 381 g/mol. The second-order valence-electron chi connectivity index (χ2n) is 7.10. The Morgan fingerprint density at radius 1 is 0.964 bits per heavy atom. The van der Waals surface area contributed by atoms with Crippen molar-refractivity contribution < 1.29 is 19.5 Å². The Labute approximate surface area is 163 Å². The highest BCUT2D eigenvalue weighted by molar-refractivity contribution is 6.05. The van der Waals surface area contributed by atoms with Crippen LogP contribution in [0.5, 0.6) is 0 Å². The van der Waals surface area contributed by atoms with Gasteiger partial charge in [-0.25, -0.2) is 0 Å². The first-order valence-corrected chi connectivity index (χ1v) is 9.29. The summed E-state index contributed by atoms with van der Waals surface area (Å²) in [6, 6.07) is 8.61. The Bertz CT molecular complexity index is 874. The molecule has 28 heavy (non-hydrogen) atoms. The van der Waals surface area contributed by atoms with Crippen molar-refractivity contribution in [2.45, 2.75) is 32.6 Å². The lowest BCUT2D eigenvalue weighted by molar-refractivity contribution is -0.143. The van der Waals surface area contributed by atoms with E-state index in [9.17, 15) is 14.4 Å². The minimum absolute atomic E-state index is 0.112. The molecular formula is C21H23N3O4.